The van der Waals surface area contributed by atoms with Crippen LogP contribution in [0, 0.1) is 0 Å². The standard InChI is InChI=1S/C46H30N4/c1-4-14-35-31(11-1)26-41(39-18-8-6-16-37(35)39)45-48-44(30-23-21-29(22-24-30)34-25-33-13-3-10-20-43(33)47-28-34)49-46(50-45)42-27-32-12-2-5-15-36(32)38-17-7-9-19-40(38)42/h1-2,4-12,14-28H,3,13H2. The summed E-state index contributed by atoms with van der Waals surface area (Å²) in [6.07, 6.45) is 8.37. The highest BCUT2D eigenvalue weighted by Gasteiger charge is 2.18. The van der Waals surface area contributed by atoms with Gasteiger partial charge in [-0.1, -0.05) is 127 Å². The summed E-state index contributed by atoms with van der Waals surface area (Å²) in [4.78, 5) is 20.5. The number of nitrogens with zero attached hydrogens (tertiary/aromatic N) is 4. The topological polar surface area (TPSA) is 51.6 Å². The molecule has 0 N–H and O–H groups in total. The van der Waals surface area contributed by atoms with E-state index < -0.39 is 0 Å². The van der Waals surface area contributed by atoms with Crippen LogP contribution >= 0.6 is 0 Å². The summed E-state index contributed by atoms with van der Waals surface area (Å²) in [5.74, 6) is 1.94. The van der Waals surface area contributed by atoms with E-state index in [1.54, 1.807) is 0 Å². The van der Waals surface area contributed by atoms with E-state index in [2.05, 4.69) is 152 Å². The maximum absolute atomic E-state index is 5.28. The van der Waals surface area contributed by atoms with Gasteiger partial charge in [-0.25, -0.2) is 15.0 Å². The first-order chi connectivity index (χ1) is 24.8. The Hall–Kier alpha value is -6.52. The monoisotopic (exact) mass is 638 g/mol. The van der Waals surface area contributed by atoms with Gasteiger partial charge in [0.2, 0.25) is 0 Å². The smallest absolute Gasteiger partial charge is 0.164 e. The van der Waals surface area contributed by atoms with Crippen molar-refractivity contribution in [2.75, 3.05) is 0 Å². The van der Waals surface area contributed by atoms with Crippen molar-refractivity contribution in [2.24, 2.45) is 0 Å². The van der Waals surface area contributed by atoms with Crippen molar-refractivity contribution in [3.05, 3.63) is 163 Å². The third-order valence-corrected chi connectivity index (χ3v) is 9.99. The van der Waals surface area contributed by atoms with Crippen molar-refractivity contribution in [1.29, 1.82) is 0 Å². The number of aromatic nitrogens is 4. The molecule has 0 saturated heterocycles. The fraction of sp³-hybridized carbons (Fsp3) is 0.0435. The van der Waals surface area contributed by atoms with Crippen molar-refractivity contribution in [1.82, 2.24) is 19.9 Å². The van der Waals surface area contributed by atoms with Crippen LogP contribution in [0.15, 0.2) is 152 Å². The normalized spacial score (nSPS) is 12.6. The molecule has 0 radical (unpaired) electrons. The van der Waals surface area contributed by atoms with E-state index in [1.165, 1.54) is 27.1 Å². The minimum absolute atomic E-state index is 0.639. The van der Waals surface area contributed by atoms with Crippen LogP contribution in [-0.2, 0) is 6.42 Å². The van der Waals surface area contributed by atoms with Crippen molar-refractivity contribution in [3.63, 3.8) is 0 Å². The molecule has 10 rings (SSSR count). The second kappa shape index (κ2) is 11.6. The molecule has 0 spiro atoms. The van der Waals surface area contributed by atoms with E-state index in [9.17, 15) is 0 Å². The highest BCUT2D eigenvalue weighted by molar-refractivity contribution is 6.14. The van der Waals surface area contributed by atoms with Crippen LogP contribution in [-0.4, -0.2) is 19.9 Å². The SMILES string of the molecule is C1=Cc2ncc(-c3ccc(-c4nc(-c5cc6ccccc6c6ccccc56)nc(-c5cc6ccccc6c6ccccc56)n4)cc3)cc2CC1. The van der Waals surface area contributed by atoms with Gasteiger partial charge >= 0.3 is 0 Å². The molecule has 0 amide bonds. The molecule has 50 heavy (non-hydrogen) atoms. The summed E-state index contributed by atoms with van der Waals surface area (Å²) < 4.78 is 0. The lowest BCUT2D eigenvalue weighted by molar-refractivity contribution is 0.965. The van der Waals surface area contributed by atoms with Gasteiger partial charge in [-0.2, -0.15) is 0 Å². The molecule has 234 valence electrons. The van der Waals surface area contributed by atoms with Crippen molar-refractivity contribution < 1.29 is 0 Å². The zero-order valence-electron chi connectivity index (χ0n) is 27.2. The Balaban J connectivity index is 1.20. The van der Waals surface area contributed by atoms with Crippen molar-refractivity contribution in [3.8, 4) is 45.3 Å². The average molecular weight is 639 g/mol. The number of allylic oxidation sites excluding steroid dienone is 1. The molecule has 1 aliphatic carbocycles. The second-order valence-corrected chi connectivity index (χ2v) is 13.0. The van der Waals surface area contributed by atoms with E-state index in [0.29, 0.717) is 17.5 Å². The first kappa shape index (κ1) is 28.5. The summed E-state index contributed by atoms with van der Waals surface area (Å²) in [6.45, 7) is 0. The van der Waals surface area contributed by atoms with E-state index in [4.69, 9.17) is 19.9 Å². The lowest BCUT2D eigenvalue weighted by Crippen LogP contribution is -2.01. The molecule has 7 aromatic carbocycles. The predicted molar refractivity (Wildman–Crippen MR) is 207 cm³/mol. The van der Waals surface area contributed by atoms with Gasteiger partial charge in [0.1, 0.15) is 0 Å². The van der Waals surface area contributed by atoms with Crippen LogP contribution in [0.5, 0.6) is 0 Å². The number of rotatable bonds is 4. The Morgan fingerprint density at radius 2 is 0.920 bits per heavy atom. The van der Waals surface area contributed by atoms with Gasteiger partial charge in [-0.15, -0.1) is 0 Å². The summed E-state index contributed by atoms with van der Waals surface area (Å²) in [7, 11) is 0. The minimum Gasteiger partial charge on any atom is -0.256 e. The molecule has 0 unspecified atom stereocenters. The zero-order chi connectivity index (χ0) is 33.0. The fourth-order valence-electron chi connectivity index (χ4n) is 7.50. The van der Waals surface area contributed by atoms with Gasteiger partial charge in [0.05, 0.1) is 5.69 Å². The molecule has 0 bridgehead atoms. The van der Waals surface area contributed by atoms with Crippen LogP contribution in [0.2, 0.25) is 0 Å². The van der Waals surface area contributed by atoms with E-state index in [-0.39, 0.29) is 0 Å². The highest BCUT2D eigenvalue weighted by atomic mass is 15.0. The van der Waals surface area contributed by atoms with Crippen LogP contribution in [0.3, 0.4) is 0 Å². The highest BCUT2D eigenvalue weighted by Crippen LogP contribution is 2.38. The summed E-state index contributed by atoms with van der Waals surface area (Å²) in [5.41, 5.74) is 7.51. The van der Waals surface area contributed by atoms with Gasteiger partial charge in [0, 0.05) is 28.5 Å². The van der Waals surface area contributed by atoms with Gasteiger partial charge in [-0.3, -0.25) is 4.98 Å². The average Bonchev–Trinajstić information content (AvgIpc) is 3.20. The Morgan fingerprint density at radius 3 is 1.52 bits per heavy atom. The van der Waals surface area contributed by atoms with Crippen molar-refractivity contribution in [2.45, 2.75) is 12.8 Å². The largest absolute Gasteiger partial charge is 0.256 e. The van der Waals surface area contributed by atoms with E-state index in [0.717, 1.165) is 67.9 Å². The summed E-state index contributed by atoms with van der Waals surface area (Å²) in [6, 6.07) is 49.4. The number of hydrogen-bond donors (Lipinski definition) is 0. The molecule has 1 aliphatic rings. The molecule has 4 nitrogen and oxygen atoms in total. The van der Waals surface area contributed by atoms with Crippen LogP contribution in [0.25, 0.3) is 94.5 Å². The maximum Gasteiger partial charge on any atom is 0.164 e. The Bertz CT molecular complexity index is 2680. The molecule has 2 aromatic heterocycles. The van der Waals surface area contributed by atoms with Gasteiger partial charge in [-0.05, 0) is 91.3 Å². The molecule has 0 atom stereocenters. The number of pyridine rings is 1. The second-order valence-electron chi connectivity index (χ2n) is 13.0. The number of fused-ring (bicyclic) bond motifs is 7. The quantitative estimate of drug-likeness (QED) is 0.180. The van der Waals surface area contributed by atoms with Crippen molar-refractivity contribution >= 4 is 49.2 Å². The first-order valence-corrected chi connectivity index (χ1v) is 17.1. The molecule has 2 heterocycles. The molecule has 9 aromatic rings. The van der Waals surface area contributed by atoms with E-state index in [1.807, 2.05) is 6.20 Å². The summed E-state index contributed by atoms with van der Waals surface area (Å²) in [5, 5.41) is 9.32. The maximum atomic E-state index is 5.28. The molecule has 0 fully saturated rings. The third-order valence-electron chi connectivity index (χ3n) is 9.99. The number of hydrogen-bond acceptors (Lipinski definition) is 4. The Labute approximate surface area is 289 Å². The Morgan fingerprint density at radius 1 is 0.420 bits per heavy atom. The number of benzene rings is 7. The van der Waals surface area contributed by atoms with Gasteiger partial charge in [0.15, 0.2) is 17.5 Å². The van der Waals surface area contributed by atoms with Crippen LogP contribution in [0.1, 0.15) is 17.7 Å². The van der Waals surface area contributed by atoms with Gasteiger partial charge < -0.3 is 0 Å². The van der Waals surface area contributed by atoms with E-state index >= 15 is 0 Å². The number of aryl methyl sites for hydroxylation is 1. The minimum atomic E-state index is 0.639. The van der Waals surface area contributed by atoms with Crippen LogP contribution in [0.4, 0.5) is 0 Å². The predicted octanol–water partition coefficient (Wildman–Crippen LogP) is 11.5. The molecule has 0 aliphatic heterocycles. The zero-order valence-corrected chi connectivity index (χ0v) is 27.2. The molecular formula is C46H30N4. The fourth-order valence-corrected chi connectivity index (χ4v) is 7.50. The lowest BCUT2D eigenvalue weighted by Gasteiger charge is -2.14. The van der Waals surface area contributed by atoms with Gasteiger partial charge in [0.25, 0.3) is 0 Å². The summed E-state index contributed by atoms with van der Waals surface area (Å²) >= 11 is 0. The van der Waals surface area contributed by atoms with Crippen LogP contribution < -0.4 is 0 Å². The molecule has 0 saturated carbocycles. The Kier molecular flexibility index (Phi) is 6.59. The first-order valence-electron chi connectivity index (χ1n) is 17.1. The lowest BCUT2D eigenvalue weighted by atomic mass is 9.96. The molecule has 4 heteroatoms. The third kappa shape index (κ3) is 4.76. The molecular weight excluding hydrogens is 609 g/mol.